The minimum atomic E-state index is -4.20. The third kappa shape index (κ3) is 0.760. The van der Waals surface area contributed by atoms with Crippen molar-refractivity contribution >= 4 is 0 Å². The monoisotopic (exact) mass is 166 g/mol. The van der Waals surface area contributed by atoms with E-state index < -0.39 is 17.2 Å². The molecule has 0 unspecified atom stereocenters. The van der Waals surface area contributed by atoms with Crippen molar-refractivity contribution < 1.29 is 18.3 Å². The lowest BCUT2D eigenvalue weighted by Gasteiger charge is -2.24. The third-order valence-corrected chi connectivity index (χ3v) is 2.91. The van der Waals surface area contributed by atoms with Crippen LogP contribution < -0.4 is 0 Å². The van der Waals surface area contributed by atoms with Gasteiger partial charge in [-0.15, -0.1) is 0 Å². The van der Waals surface area contributed by atoms with Gasteiger partial charge in [-0.05, 0) is 25.7 Å². The Morgan fingerprint density at radius 2 is 1.45 bits per heavy atom. The van der Waals surface area contributed by atoms with Crippen LogP contribution in [0, 0.1) is 5.41 Å². The molecule has 0 spiro atoms. The lowest BCUT2D eigenvalue weighted by atomic mass is 9.96. The number of hydrogen-bond donors (Lipinski definition) is 1. The Morgan fingerprint density at radius 1 is 1.00 bits per heavy atom. The molecular formula is C7H9F3O. The standard InChI is InChI=1S/C7H9F3O/c8-7(9,10)5(1-2-5)6(11)3-4-6/h11H,1-4H2. The van der Waals surface area contributed by atoms with Crippen LogP contribution in [0.25, 0.3) is 0 Å². The SMILES string of the molecule is OC1(C2(C(F)(F)F)CC2)CC1. The number of hydrogen-bond acceptors (Lipinski definition) is 1. The van der Waals surface area contributed by atoms with Crippen LogP contribution in [0.1, 0.15) is 25.7 Å². The Kier molecular flexibility index (Phi) is 1.06. The summed E-state index contributed by atoms with van der Waals surface area (Å²) in [5, 5.41) is 9.33. The predicted molar refractivity (Wildman–Crippen MR) is 31.9 cm³/mol. The van der Waals surface area contributed by atoms with Crippen molar-refractivity contribution in [1.82, 2.24) is 0 Å². The first-order valence-electron chi connectivity index (χ1n) is 3.70. The first-order chi connectivity index (χ1) is 4.91. The highest BCUT2D eigenvalue weighted by molar-refractivity contribution is 5.19. The summed E-state index contributed by atoms with van der Waals surface area (Å²) in [5.74, 6) is 0. The van der Waals surface area contributed by atoms with Crippen LogP contribution in [0.3, 0.4) is 0 Å². The zero-order valence-electron chi connectivity index (χ0n) is 5.91. The zero-order valence-corrected chi connectivity index (χ0v) is 5.91. The van der Waals surface area contributed by atoms with Crippen molar-refractivity contribution in [3.8, 4) is 0 Å². The van der Waals surface area contributed by atoms with E-state index in [0.29, 0.717) is 12.8 Å². The average Bonchev–Trinajstić information content (AvgIpc) is 2.49. The largest absolute Gasteiger partial charge is 0.397 e. The molecule has 4 heteroatoms. The molecule has 0 amide bonds. The molecule has 0 aromatic heterocycles. The molecule has 0 aliphatic heterocycles. The van der Waals surface area contributed by atoms with Crippen LogP contribution in [0.2, 0.25) is 0 Å². The molecule has 2 aliphatic rings. The second kappa shape index (κ2) is 1.58. The molecule has 2 fully saturated rings. The molecule has 0 heterocycles. The molecule has 2 aliphatic carbocycles. The van der Waals surface area contributed by atoms with Gasteiger partial charge in [-0.25, -0.2) is 0 Å². The molecule has 0 saturated heterocycles. The average molecular weight is 166 g/mol. The fourth-order valence-electron chi connectivity index (χ4n) is 1.73. The van der Waals surface area contributed by atoms with Crippen molar-refractivity contribution in [3.05, 3.63) is 0 Å². The Hall–Kier alpha value is -0.250. The van der Waals surface area contributed by atoms with E-state index in [9.17, 15) is 18.3 Å². The topological polar surface area (TPSA) is 20.2 Å². The van der Waals surface area contributed by atoms with Gasteiger partial charge in [-0.1, -0.05) is 0 Å². The number of alkyl halides is 3. The Bertz CT molecular complexity index is 181. The van der Waals surface area contributed by atoms with Crippen LogP contribution >= 0.6 is 0 Å². The molecule has 2 saturated carbocycles. The van der Waals surface area contributed by atoms with E-state index in [-0.39, 0.29) is 12.8 Å². The minimum Gasteiger partial charge on any atom is -0.389 e. The summed E-state index contributed by atoms with van der Waals surface area (Å²) in [5.41, 5.74) is -3.09. The summed E-state index contributed by atoms with van der Waals surface area (Å²) in [6, 6.07) is 0. The fourth-order valence-corrected chi connectivity index (χ4v) is 1.73. The fraction of sp³-hybridized carbons (Fsp3) is 1.00. The highest BCUT2D eigenvalue weighted by Gasteiger charge is 2.77. The molecule has 0 radical (unpaired) electrons. The van der Waals surface area contributed by atoms with Crippen LogP contribution in [-0.4, -0.2) is 16.9 Å². The van der Waals surface area contributed by atoms with E-state index in [1.807, 2.05) is 0 Å². The number of rotatable bonds is 1. The predicted octanol–water partition coefficient (Wildman–Crippen LogP) is 1.85. The van der Waals surface area contributed by atoms with Crippen molar-refractivity contribution in [2.24, 2.45) is 5.41 Å². The smallest absolute Gasteiger partial charge is 0.389 e. The molecule has 64 valence electrons. The first-order valence-corrected chi connectivity index (χ1v) is 3.70. The van der Waals surface area contributed by atoms with Gasteiger partial charge in [0.2, 0.25) is 0 Å². The highest BCUT2D eigenvalue weighted by atomic mass is 19.4. The van der Waals surface area contributed by atoms with Gasteiger partial charge in [0.1, 0.15) is 0 Å². The van der Waals surface area contributed by atoms with Crippen molar-refractivity contribution in [2.75, 3.05) is 0 Å². The van der Waals surface area contributed by atoms with Crippen LogP contribution in [0.4, 0.5) is 13.2 Å². The lowest BCUT2D eigenvalue weighted by molar-refractivity contribution is -0.220. The second-order valence-corrected chi connectivity index (χ2v) is 3.61. The second-order valence-electron chi connectivity index (χ2n) is 3.61. The van der Waals surface area contributed by atoms with Crippen LogP contribution in [0.5, 0.6) is 0 Å². The van der Waals surface area contributed by atoms with Crippen molar-refractivity contribution in [1.29, 1.82) is 0 Å². The molecule has 0 atom stereocenters. The first kappa shape index (κ1) is 7.40. The summed E-state index contributed by atoms with van der Waals surface area (Å²) in [6.45, 7) is 0. The third-order valence-electron chi connectivity index (χ3n) is 2.91. The van der Waals surface area contributed by atoms with Crippen molar-refractivity contribution in [2.45, 2.75) is 37.5 Å². The normalized spacial score (nSPS) is 31.6. The molecular weight excluding hydrogens is 157 g/mol. The molecule has 1 nitrogen and oxygen atoms in total. The molecule has 1 N–H and O–H groups in total. The number of aliphatic hydroxyl groups is 1. The van der Waals surface area contributed by atoms with E-state index in [4.69, 9.17) is 0 Å². The summed E-state index contributed by atoms with van der Waals surface area (Å²) in [6.07, 6.45) is -3.31. The van der Waals surface area contributed by atoms with E-state index in [1.54, 1.807) is 0 Å². The Labute approximate surface area is 62.2 Å². The molecule has 0 bridgehead atoms. The molecule has 0 aromatic carbocycles. The zero-order chi connectivity index (χ0) is 8.33. The van der Waals surface area contributed by atoms with Gasteiger partial charge in [-0.3, -0.25) is 0 Å². The molecule has 0 aromatic rings. The van der Waals surface area contributed by atoms with Gasteiger partial charge in [0, 0.05) is 0 Å². The molecule has 11 heavy (non-hydrogen) atoms. The summed E-state index contributed by atoms with van der Waals surface area (Å²) in [4.78, 5) is 0. The molecule has 2 rings (SSSR count). The van der Waals surface area contributed by atoms with Gasteiger partial charge in [-0.2, -0.15) is 13.2 Å². The van der Waals surface area contributed by atoms with E-state index in [0.717, 1.165) is 0 Å². The van der Waals surface area contributed by atoms with Gasteiger partial charge in [0.15, 0.2) is 0 Å². The van der Waals surface area contributed by atoms with E-state index in [2.05, 4.69) is 0 Å². The van der Waals surface area contributed by atoms with Gasteiger partial charge in [0.05, 0.1) is 11.0 Å². The van der Waals surface area contributed by atoms with Gasteiger partial charge < -0.3 is 5.11 Å². The maximum absolute atomic E-state index is 12.3. The Morgan fingerprint density at radius 3 is 1.55 bits per heavy atom. The van der Waals surface area contributed by atoms with Crippen molar-refractivity contribution in [3.63, 3.8) is 0 Å². The van der Waals surface area contributed by atoms with Gasteiger partial charge in [0.25, 0.3) is 0 Å². The maximum Gasteiger partial charge on any atom is 0.397 e. The lowest BCUT2D eigenvalue weighted by Crippen LogP contribution is -2.37. The van der Waals surface area contributed by atoms with E-state index >= 15 is 0 Å². The van der Waals surface area contributed by atoms with Crippen LogP contribution in [-0.2, 0) is 0 Å². The summed E-state index contributed by atoms with van der Waals surface area (Å²) >= 11 is 0. The number of halogens is 3. The highest BCUT2D eigenvalue weighted by Crippen LogP contribution is 2.70. The van der Waals surface area contributed by atoms with E-state index in [1.165, 1.54) is 0 Å². The quantitative estimate of drug-likeness (QED) is 0.630. The van der Waals surface area contributed by atoms with Gasteiger partial charge >= 0.3 is 6.18 Å². The minimum absolute atomic E-state index is 0.118. The Balaban J connectivity index is 2.23. The van der Waals surface area contributed by atoms with Crippen LogP contribution in [0.15, 0.2) is 0 Å². The summed E-state index contributed by atoms with van der Waals surface area (Å²) < 4.78 is 36.8. The summed E-state index contributed by atoms with van der Waals surface area (Å²) in [7, 11) is 0. The maximum atomic E-state index is 12.3.